The lowest BCUT2D eigenvalue weighted by Crippen LogP contribution is -2.40. The maximum atomic E-state index is 12.5. The van der Waals surface area contributed by atoms with Crippen molar-refractivity contribution in [1.82, 2.24) is 9.62 Å². The van der Waals surface area contributed by atoms with Crippen molar-refractivity contribution in [3.8, 4) is 0 Å². The zero-order chi connectivity index (χ0) is 18.4. The van der Waals surface area contributed by atoms with Crippen molar-refractivity contribution in [3.05, 3.63) is 29.8 Å². The van der Waals surface area contributed by atoms with E-state index in [1.807, 2.05) is 0 Å². The van der Waals surface area contributed by atoms with E-state index in [0.717, 1.165) is 5.56 Å². The number of carbonyl (C=O) groups excluding carboxylic acids is 1. The average molecular weight is 370 g/mol. The Balaban J connectivity index is 1.93. The van der Waals surface area contributed by atoms with Gasteiger partial charge in [0.2, 0.25) is 15.9 Å². The van der Waals surface area contributed by atoms with Crippen LogP contribution in [0.25, 0.3) is 0 Å². The van der Waals surface area contributed by atoms with Crippen molar-refractivity contribution >= 4 is 21.9 Å². The summed E-state index contributed by atoms with van der Waals surface area (Å²) in [7, 11) is -3.53. The Morgan fingerprint density at radius 3 is 2.40 bits per heavy atom. The number of carboxylic acid groups (broad SMARTS) is 1. The third kappa shape index (κ3) is 5.25. The van der Waals surface area contributed by atoms with Gasteiger partial charge in [-0.05, 0) is 31.0 Å². The third-order valence-electron chi connectivity index (χ3n) is 3.92. The zero-order valence-electron chi connectivity index (χ0n) is 14.0. The standard InChI is InChI=1S/C16H22N2O6S/c1-12(16(20)21)17-15(19)7-4-13-2-5-14(6-3-13)25(22,23)18-8-10-24-11-9-18/h2-3,5-6,12H,4,7-11H2,1H3,(H,17,19)(H,20,21). The normalized spacial score (nSPS) is 17.0. The van der Waals surface area contributed by atoms with Crippen LogP contribution in [0.1, 0.15) is 18.9 Å². The van der Waals surface area contributed by atoms with Gasteiger partial charge in [-0.3, -0.25) is 9.59 Å². The number of benzene rings is 1. The summed E-state index contributed by atoms with van der Waals surface area (Å²) in [5.74, 6) is -1.45. The summed E-state index contributed by atoms with van der Waals surface area (Å²) in [5.41, 5.74) is 0.805. The van der Waals surface area contributed by atoms with Crippen LogP contribution in [0, 0.1) is 0 Å². The summed E-state index contributed by atoms with van der Waals surface area (Å²) < 4.78 is 31.6. The number of morpholine rings is 1. The summed E-state index contributed by atoms with van der Waals surface area (Å²) in [6.07, 6.45) is 0.531. The number of aliphatic carboxylic acids is 1. The molecule has 2 rings (SSSR count). The number of hydrogen-bond donors (Lipinski definition) is 2. The first kappa shape index (κ1) is 19.4. The number of ether oxygens (including phenoxy) is 1. The van der Waals surface area contributed by atoms with Crippen molar-refractivity contribution in [2.45, 2.75) is 30.7 Å². The first-order valence-electron chi connectivity index (χ1n) is 7.99. The van der Waals surface area contributed by atoms with Crippen molar-refractivity contribution in [3.63, 3.8) is 0 Å². The molecule has 8 nitrogen and oxygen atoms in total. The van der Waals surface area contributed by atoms with E-state index in [2.05, 4.69) is 5.32 Å². The molecule has 0 aliphatic carbocycles. The molecule has 25 heavy (non-hydrogen) atoms. The van der Waals surface area contributed by atoms with Gasteiger partial charge in [-0.25, -0.2) is 8.42 Å². The molecule has 2 N–H and O–H groups in total. The van der Waals surface area contributed by atoms with Crippen LogP contribution in [0.3, 0.4) is 0 Å². The zero-order valence-corrected chi connectivity index (χ0v) is 14.8. The number of nitrogens with zero attached hydrogens (tertiary/aromatic N) is 1. The number of carboxylic acids is 1. The number of carbonyl (C=O) groups is 2. The molecule has 1 aliphatic rings. The molecule has 0 spiro atoms. The molecule has 1 unspecified atom stereocenters. The van der Waals surface area contributed by atoms with Crippen molar-refractivity contribution in [2.75, 3.05) is 26.3 Å². The minimum atomic E-state index is -3.53. The summed E-state index contributed by atoms with van der Waals surface area (Å²) in [4.78, 5) is 22.6. The highest BCUT2D eigenvalue weighted by Gasteiger charge is 2.26. The van der Waals surface area contributed by atoms with Gasteiger partial charge in [0, 0.05) is 19.5 Å². The fourth-order valence-electron chi connectivity index (χ4n) is 2.40. The quantitative estimate of drug-likeness (QED) is 0.710. The van der Waals surface area contributed by atoms with Gasteiger partial charge in [0.1, 0.15) is 6.04 Å². The fourth-order valence-corrected chi connectivity index (χ4v) is 3.81. The van der Waals surface area contributed by atoms with Crippen LogP contribution in [0.4, 0.5) is 0 Å². The molecular weight excluding hydrogens is 348 g/mol. The van der Waals surface area contributed by atoms with Crippen molar-refractivity contribution in [2.24, 2.45) is 0 Å². The monoisotopic (exact) mass is 370 g/mol. The number of nitrogens with one attached hydrogen (secondary N) is 1. The van der Waals surface area contributed by atoms with Gasteiger partial charge >= 0.3 is 5.97 Å². The lowest BCUT2D eigenvalue weighted by atomic mass is 10.1. The second kappa shape index (κ2) is 8.41. The van der Waals surface area contributed by atoms with Crippen LogP contribution < -0.4 is 5.32 Å². The largest absolute Gasteiger partial charge is 0.480 e. The SMILES string of the molecule is CC(NC(=O)CCc1ccc(S(=O)(=O)N2CCOCC2)cc1)C(=O)O. The molecule has 0 radical (unpaired) electrons. The Hall–Kier alpha value is -1.97. The Bertz CT molecular complexity index is 711. The molecule has 1 fully saturated rings. The first-order chi connectivity index (χ1) is 11.8. The van der Waals surface area contributed by atoms with E-state index in [9.17, 15) is 18.0 Å². The summed E-state index contributed by atoms with van der Waals surface area (Å²) in [6.45, 7) is 2.85. The van der Waals surface area contributed by atoms with E-state index >= 15 is 0 Å². The van der Waals surface area contributed by atoms with Crippen LogP contribution in [0.5, 0.6) is 0 Å². The van der Waals surface area contributed by atoms with Crippen LogP contribution in [-0.2, 0) is 30.8 Å². The highest BCUT2D eigenvalue weighted by atomic mass is 32.2. The molecule has 1 aromatic rings. The molecule has 1 saturated heterocycles. The molecular formula is C16H22N2O6S. The molecule has 138 valence electrons. The number of hydrogen-bond acceptors (Lipinski definition) is 5. The molecule has 1 heterocycles. The fraction of sp³-hybridized carbons (Fsp3) is 0.500. The molecule has 1 aliphatic heterocycles. The van der Waals surface area contributed by atoms with Gasteiger partial charge in [-0.15, -0.1) is 0 Å². The molecule has 0 saturated carbocycles. The third-order valence-corrected chi connectivity index (χ3v) is 5.83. The number of amides is 1. The smallest absolute Gasteiger partial charge is 0.325 e. The maximum Gasteiger partial charge on any atom is 0.325 e. The summed E-state index contributed by atoms with van der Waals surface area (Å²) in [5, 5.41) is 11.1. The highest BCUT2D eigenvalue weighted by molar-refractivity contribution is 7.89. The van der Waals surface area contributed by atoms with Crippen molar-refractivity contribution in [1.29, 1.82) is 0 Å². The van der Waals surface area contributed by atoms with E-state index < -0.39 is 22.0 Å². The Morgan fingerprint density at radius 2 is 1.84 bits per heavy atom. The lowest BCUT2D eigenvalue weighted by molar-refractivity contribution is -0.141. The second-order valence-electron chi connectivity index (χ2n) is 5.79. The van der Waals surface area contributed by atoms with Crippen LogP contribution in [0.2, 0.25) is 0 Å². The molecule has 1 atom stereocenters. The highest BCUT2D eigenvalue weighted by Crippen LogP contribution is 2.18. The van der Waals surface area contributed by atoms with Gasteiger partial charge in [0.25, 0.3) is 0 Å². The van der Waals surface area contributed by atoms with E-state index in [0.29, 0.717) is 32.7 Å². The van der Waals surface area contributed by atoms with Crippen molar-refractivity contribution < 1.29 is 27.9 Å². The molecule has 0 bridgehead atoms. The summed E-state index contributed by atoms with van der Waals surface area (Å²) in [6, 6.07) is 5.45. The van der Waals surface area contributed by atoms with Crippen LogP contribution in [0.15, 0.2) is 29.2 Å². The van der Waals surface area contributed by atoms with Gasteiger partial charge < -0.3 is 15.2 Å². The Kier molecular flexibility index (Phi) is 6.51. The lowest BCUT2D eigenvalue weighted by Gasteiger charge is -2.26. The predicted octanol–water partition coefficient (Wildman–Crippen LogP) is 0.229. The molecule has 0 aromatic heterocycles. The summed E-state index contributed by atoms with van der Waals surface area (Å²) >= 11 is 0. The Labute approximate surface area is 146 Å². The van der Waals surface area contributed by atoms with Gasteiger partial charge in [0.05, 0.1) is 18.1 Å². The molecule has 1 aromatic carbocycles. The minimum Gasteiger partial charge on any atom is -0.480 e. The predicted molar refractivity (Wildman–Crippen MR) is 89.6 cm³/mol. The van der Waals surface area contributed by atoms with Gasteiger partial charge in [-0.1, -0.05) is 12.1 Å². The number of rotatable bonds is 7. The van der Waals surface area contributed by atoms with E-state index in [1.54, 1.807) is 12.1 Å². The number of aryl methyl sites for hydroxylation is 1. The maximum absolute atomic E-state index is 12.5. The molecule has 1 amide bonds. The minimum absolute atomic E-state index is 0.132. The average Bonchev–Trinajstić information content (AvgIpc) is 2.61. The van der Waals surface area contributed by atoms with Gasteiger partial charge in [0.15, 0.2) is 0 Å². The van der Waals surface area contributed by atoms with Gasteiger partial charge in [-0.2, -0.15) is 4.31 Å². The first-order valence-corrected chi connectivity index (χ1v) is 9.43. The molecule has 9 heteroatoms. The van der Waals surface area contributed by atoms with Crippen LogP contribution in [-0.4, -0.2) is 62.1 Å². The second-order valence-corrected chi connectivity index (χ2v) is 7.73. The van der Waals surface area contributed by atoms with E-state index in [-0.39, 0.29) is 17.2 Å². The Morgan fingerprint density at radius 1 is 1.24 bits per heavy atom. The van der Waals surface area contributed by atoms with E-state index in [1.165, 1.54) is 23.4 Å². The topological polar surface area (TPSA) is 113 Å². The number of sulfonamides is 1. The van der Waals surface area contributed by atoms with Crippen LogP contribution >= 0.6 is 0 Å². The van der Waals surface area contributed by atoms with E-state index in [4.69, 9.17) is 9.84 Å².